The average Bonchev–Trinajstić information content (AvgIpc) is 2.80. The van der Waals surface area contributed by atoms with Gasteiger partial charge in [-0.1, -0.05) is 40.5 Å². The SMILES string of the molecule is CC(C)=CCCC(C)=CCOc1c(OC(C)C)c2c(OCC=C(C)CCC=C(C)C)cccc2oc1=O. The molecule has 2 rings (SSSR count). The van der Waals surface area contributed by atoms with Gasteiger partial charge in [-0.05, 0) is 105 Å². The Morgan fingerprint density at radius 2 is 1.38 bits per heavy atom. The number of rotatable bonds is 14. The molecule has 0 unspecified atom stereocenters. The maximum Gasteiger partial charge on any atom is 0.383 e. The van der Waals surface area contributed by atoms with Gasteiger partial charge in [0.2, 0.25) is 5.75 Å². The van der Waals surface area contributed by atoms with E-state index in [0.29, 0.717) is 29.1 Å². The van der Waals surface area contributed by atoms with E-state index in [9.17, 15) is 4.79 Å². The van der Waals surface area contributed by atoms with Crippen molar-refractivity contribution >= 4 is 11.0 Å². The zero-order chi connectivity index (χ0) is 27.4. The lowest BCUT2D eigenvalue weighted by Crippen LogP contribution is -2.14. The van der Waals surface area contributed by atoms with E-state index in [1.54, 1.807) is 6.07 Å². The van der Waals surface area contributed by atoms with Crippen LogP contribution < -0.4 is 19.8 Å². The molecule has 1 heterocycles. The second-order valence-corrected chi connectivity index (χ2v) is 10.2. The van der Waals surface area contributed by atoms with Crippen LogP contribution in [0.4, 0.5) is 0 Å². The van der Waals surface area contributed by atoms with E-state index < -0.39 is 5.63 Å². The first-order chi connectivity index (χ1) is 17.6. The molecule has 0 bridgehead atoms. The summed E-state index contributed by atoms with van der Waals surface area (Å²) in [6, 6.07) is 5.41. The van der Waals surface area contributed by atoms with Crippen molar-refractivity contribution < 1.29 is 18.6 Å². The Balaban J connectivity index is 2.31. The molecule has 37 heavy (non-hydrogen) atoms. The van der Waals surface area contributed by atoms with E-state index in [-0.39, 0.29) is 18.5 Å². The van der Waals surface area contributed by atoms with Crippen molar-refractivity contribution in [1.82, 2.24) is 0 Å². The van der Waals surface area contributed by atoms with E-state index in [1.807, 2.05) is 32.1 Å². The summed E-state index contributed by atoms with van der Waals surface area (Å²) in [4.78, 5) is 12.9. The highest BCUT2D eigenvalue weighted by Gasteiger charge is 2.22. The standard InChI is InChI=1S/C32H44O5/c1-22(2)12-9-14-25(7)18-20-34-27-16-11-17-28-29(27)30(36-24(5)6)31(32(33)37-28)35-21-19-26(8)15-10-13-23(3)4/h11-13,16-19,24H,9-10,14-15,20-21H2,1-8H3. The molecule has 1 aromatic heterocycles. The minimum atomic E-state index is -0.564. The van der Waals surface area contributed by atoms with Crippen LogP contribution in [0.15, 0.2) is 74.0 Å². The van der Waals surface area contributed by atoms with Crippen molar-refractivity contribution in [3.63, 3.8) is 0 Å². The number of ether oxygens (including phenoxy) is 3. The van der Waals surface area contributed by atoms with Gasteiger partial charge in [0.1, 0.15) is 29.9 Å². The van der Waals surface area contributed by atoms with Gasteiger partial charge in [0.05, 0.1) is 6.10 Å². The molecule has 0 N–H and O–H groups in total. The van der Waals surface area contributed by atoms with Crippen molar-refractivity contribution in [2.24, 2.45) is 0 Å². The van der Waals surface area contributed by atoms with E-state index in [4.69, 9.17) is 18.6 Å². The van der Waals surface area contributed by atoms with Crippen LogP contribution in [0.5, 0.6) is 17.2 Å². The first-order valence-electron chi connectivity index (χ1n) is 13.2. The summed E-state index contributed by atoms with van der Waals surface area (Å²) in [5, 5.41) is 0.602. The maximum atomic E-state index is 12.9. The first-order valence-corrected chi connectivity index (χ1v) is 13.2. The highest BCUT2D eigenvalue weighted by atomic mass is 16.5. The molecule has 5 nitrogen and oxygen atoms in total. The van der Waals surface area contributed by atoms with Crippen LogP contribution in [-0.4, -0.2) is 19.3 Å². The van der Waals surface area contributed by atoms with Crippen molar-refractivity contribution in [3.05, 3.63) is 75.2 Å². The fraction of sp³-hybridized carbons (Fsp3) is 0.469. The van der Waals surface area contributed by atoms with Crippen LogP contribution in [0.25, 0.3) is 11.0 Å². The van der Waals surface area contributed by atoms with Crippen LogP contribution in [0, 0.1) is 0 Å². The van der Waals surface area contributed by atoms with Crippen molar-refractivity contribution in [2.45, 2.75) is 87.2 Å². The number of benzene rings is 1. The minimum absolute atomic E-state index is 0.0686. The molecule has 0 saturated carbocycles. The maximum absolute atomic E-state index is 12.9. The van der Waals surface area contributed by atoms with Crippen molar-refractivity contribution in [1.29, 1.82) is 0 Å². The number of hydrogen-bond donors (Lipinski definition) is 0. The zero-order valence-electron chi connectivity index (χ0n) is 23.9. The third kappa shape index (κ3) is 10.4. The number of hydrogen-bond acceptors (Lipinski definition) is 5. The Hall–Kier alpha value is -3.21. The predicted octanol–water partition coefficient (Wildman–Crippen LogP) is 8.72. The topological polar surface area (TPSA) is 57.9 Å². The summed E-state index contributed by atoms with van der Waals surface area (Å²) in [5.41, 5.74) is 4.93. The monoisotopic (exact) mass is 508 g/mol. The Labute approximate surface area is 222 Å². The zero-order valence-corrected chi connectivity index (χ0v) is 23.9. The van der Waals surface area contributed by atoms with Crippen molar-refractivity contribution in [3.8, 4) is 17.2 Å². The van der Waals surface area contributed by atoms with Gasteiger partial charge in [-0.3, -0.25) is 0 Å². The molecule has 0 atom stereocenters. The van der Waals surface area contributed by atoms with E-state index >= 15 is 0 Å². The normalized spacial score (nSPS) is 12.0. The Bertz CT molecular complexity index is 1200. The third-order valence-electron chi connectivity index (χ3n) is 5.68. The van der Waals surface area contributed by atoms with E-state index in [2.05, 4.69) is 59.8 Å². The van der Waals surface area contributed by atoms with Gasteiger partial charge in [-0.15, -0.1) is 0 Å². The molecule has 1 aromatic carbocycles. The molecule has 0 amide bonds. The lowest BCUT2D eigenvalue weighted by atomic mass is 10.1. The third-order valence-corrected chi connectivity index (χ3v) is 5.68. The molecule has 0 saturated heterocycles. The summed E-state index contributed by atoms with van der Waals surface area (Å²) in [6.45, 7) is 17.1. The second-order valence-electron chi connectivity index (χ2n) is 10.2. The molecule has 2 aromatic rings. The molecule has 0 aliphatic heterocycles. The van der Waals surface area contributed by atoms with Gasteiger partial charge in [-0.2, -0.15) is 0 Å². The molecule has 0 spiro atoms. The van der Waals surface area contributed by atoms with Crippen LogP contribution in [0.2, 0.25) is 0 Å². The van der Waals surface area contributed by atoms with Crippen LogP contribution in [0.3, 0.4) is 0 Å². The lowest BCUT2D eigenvalue weighted by Gasteiger charge is -2.17. The average molecular weight is 509 g/mol. The molecule has 5 heteroatoms. The van der Waals surface area contributed by atoms with Gasteiger partial charge >= 0.3 is 5.63 Å². The fourth-order valence-corrected chi connectivity index (χ4v) is 3.69. The quantitative estimate of drug-likeness (QED) is 0.189. The minimum Gasteiger partial charge on any atom is -0.489 e. The molecule has 0 fully saturated rings. The predicted molar refractivity (Wildman–Crippen MR) is 154 cm³/mol. The van der Waals surface area contributed by atoms with Gasteiger partial charge in [0.25, 0.3) is 0 Å². The smallest absolute Gasteiger partial charge is 0.383 e. The summed E-state index contributed by atoms with van der Waals surface area (Å²) in [6.07, 6.45) is 12.3. The fourth-order valence-electron chi connectivity index (χ4n) is 3.69. The van der Waals surface area contributed by atoms with Gasteiger partial charge in [0, 0.05) is 0 Å². The van der Waals surface area contributed by atoms with Gasteiger partial charge in [-0.25, -0.2) is 4.79 Å². The Morgan fingerprint density at radius 3 is 1.92 bits per heavy atom. The van der Waals surface area contributed by atoms with Gasteiger partial charge < -0.3 is 18.6 Å². The summed E-state index contributed by atoms with van der Waals surface area (Å²) in [7, 11) is 0. The Kier molecular flexibility index (Phi) is 12.3. The molecule has 0 radical (unpaired) electrons. The van der Waals surface area contributed by atoms with E-state index in [0.717, 1.165) is 25.7 Å². The highest BCUT2D eigenvalue weighted by Crippen LogP contribution is 2.39. The summed E-state index contributed by atoms with van der Waals surface area (Å²) >= 11 is 0. The summed E-state index contributed by atoms with van der Waals surface area (Å²) in [5.74, 6) is 1.01. The van der Waals surface area contributed by atoms with Crippen LogP contribution in [0.1, 0.15) is 81.1 Å². The first kappa shape index (κ1) is 30.0. The Morgan fingerprint density at radius 1 is 0.811 bits per heavy atom. The number of allylic oxidation sites excluding steroid dienone is 6. The van der Waals surface area contributed by atoms with E-state index in [1.165, 1.54) is 22.3 Å². The molecular weight excluding hydrogens is 464 g/mol. The second kappa shape index (κ2) is 15.1. The van der Waals surface area contributed by atoms with Gasteiger partial charge in [0.15, 0.2) is 5.75 Å². The molecule has 0 aliphatic rings. The van der Waals surface area contributed by atoms with Crippen LogP contribution in [-0.2, 0) is 0 Å². The lowest BCUT2D eigenvalue weighted by molar-refractivity contribution is 0.223. The summed E-state index contributed by atoms with van der Waals surface area (Å²) < 4.78 is 23.8. The largest absolute Gasteiger partial charge is 0.489 e. The van der Waals surface area contributed by atoms with Crippen molar-refractivity contribution in [2.75, 3.05) is 13.2 Å². The van der Waals surface area contributed by atoms with Crippen LogP contribution >= 0.6 is 0 Å². The molecule has 0 aliphatic carbocycles. The number of fused-ring (bicyclic) bond motifs is 1. The highest BCUT2D eigenvalue weighted by molar-refractivity contribution is 5.91. The molecule has 202 valence electrons. The molecular formula is C32H44O5.